The van der Waals surface area contributed by atoms with Crippen molar-refractivity contribution in [3.05, 3.63) is 82.9 Å². The van der Waals surface area contributed by atoms with E-state index in [2.05, 4.69) is 10.6 Å². The molecule has 1 saturated heterocycles. The third-order valence-electron chi connectivity index (χ3n) is 5.84. The summed E-state index contributed by atoms with van der Waals surface area (Å²) in [4.78, 5) is 38.3. The van der Waals surface area contributed by atoms with Gasteiger partial charge in [-0.05, 0) is 78.9 Å². The van der Waals surface area contributed by atoms with E-state index >= 15 is 0 Å². The highest BCUT2D eigenvalue weighted by Gasteiger charge is 2.34. The number of aromatic carboxylic acids is 1. The molecule has 3 aromatic rings. The summed E-state index contributed by atoms with van der Waals surface area (Å²) in [5.74, 6) is -1.21. The highest BCUT2D eigenvalue weighted by Crippen LogP contribution is 2.25. The van der Waals surface area contributed by atoms with Gasteiger partial charge in [0.05, 0.1) is 5.56 Å². The normalized spacial score (nSPS) is 14.7. The first kappa shape index (κ1) is 25.7. The van der Waals surface area contributed by atoms with Crippen molar-refractivity contribution in [3.63, 3.8) is 0 Å². The van der Waals surface area contributed by atoms with Crippen molar-refractivity contribution in [1.29, 1.82) is 0 Å². The molecule has 0 saturated carbocycles. The maximum absolute atomic E-state index is 12.9. The minimum atomic E-state index is -0.970. The number of aryl methyl sites for hydroxylation is 1. The zero-order chi connectivity index (χ0) is 24.2. The number of carbonyl (C=O) groups excluding carboxylic acids is 2. The van der Waals surface area contributed by atoms with Gasteiger partial charge in [-0.25, -0.2) is 9.59 Å². The fraction of sp³-hybridized carbons (Fsp3) is 0.192. The van der Waals surface area contributed by atoms with Crippen molar-refractivity contribution >= 4 is 40.9 Å². The Morgan fingerprint density at radius 2 is 1.51 bits per heavy atom. The van der Waals surface area contributed by atoms with Crippen molar-refractivity contribution in [2.75, 3.05) is 17.2 Å². The van der Waals surface area contributed by atoms with Gasteiger partial charge < -0.3 is 26.8 Å². The largest absolute Gasteiger partial charge is 0.478 e. The van der Waals surface area contributed by atoms with Crippen molar-refractivity contribution in [1.82, 2.24) is 11.1 Å². The minimum absolute atomic E-state index is 0. The van der Waals surface area contributed by atoms with Crippen molar-refractivity contribution in [2.24, 2.45) is 0 Å². The van der Waals surface area contributed by atoms with Gasteiger partial charge in [0.15, 0.2) is 0 Å². The van der Waals surface area contributed by atoms with Crippen LogP contribution >= 0.6 is 11.6 Å². The van der Waals surface area contributed by atoms with Gasteiger partial charge in [0.1, 0.15) is 6.04 Å². The molecule has 3 amide bonds. The van der Waals surface area contributed by atoms with Gasteiger partial charge in [-0.3, -0.25) is 4.79 Å². The van der Waals surface area contributed by atoms with Gasteiger partial charge in [0.2, 0.25) is 5.91 Å². The Balaban J connectivity index is 0.00000342. The lowest BCUT2D eigenvalue weighted by Gasteiger charge is -2.24. The summed E-state index contributed by atoms with van der Waals surface area (Å²) in [6, 6.07) is 18.3. The molecular formula is C26H27ClN4O4. The number of halogens is 1. The average Bonchev–Trinajstić information content (AvgIpc) is 3.32. The van der Waals surface area contributed by atoms with E-state index in [1.807, 2.05) is 19.1 Å². The number of amides is 3. The lowest BCUT2D eigenvalue weighted by Crippen LogP contribution is -2.45. The highest BCUT2D eigenvalue weighted by atomic mass is 35.5. The van der Waals surface area contributed by atoms with Crippen LogP contribution in [0.5, 0.6) is 0 Å². The second-order valence-electron chi connectivity index (χ2n) is 8.19. The Hall–Kier alpha value is -3.88. The molecule has 0 aromatic heterocycles. The molecule has 182 valence electrons. The van der Waals surface area contributed by atoms with Crippen LogP contribution in [0.4, 0.5) is 16.2 Å². The number of carboxylic acids is 1. The molecule has 35 heavy (non-hydrogen) atoms. The number of hydrogen-bond donors (Lipinski definition) is 4. The molecule has 1 aliphatic rings. The zero-order valence-electron chi connectivity index (χ0n) is 19.3. The second-order valence-corrected chi connectivity index (χ2v) is 8.60. The van der Waals surface area contributed by atoms with Crippen LogP contribution in [0.15, 0.2) is 66.7 Å². The number of likely N-dealkylation sites (tertiary alicyclic amines) is 1. The van der Waals surface area contributed by atoms with E-state index in [1.54, 1.807) is 59.5 Å². The van der Waals surface area contributed by atoms with Gasteiger partial charge >= 0.3 is 12.0 Å². The van der Waals surface area contributed by atoms with E-state index in [1.165, 1.54) is 0 Å². The maximum atomic E-state index is 12.9. The molecule has 1 heterocycles. The molecule has 0 radical (unpaired) electrons. The summed E-state index contributed by atoms with van der Waals surface area (Å²) in [5.41, 5.74) is 4.11. The molecule has 6 N–H and O–H groups in total. The average molecular weight is 495 g/mol. The number of carboxylic acid groups (broad SMARTS) is 1. The molecule has 0 spiro atoms. The summed E-state index contributed by atoms with van der Waals surface area (Å²) in [5, 5.41) is 15.4. The van der Waals surface area contributed by atoms with Crippen LogP contribution in [0, 0.1) is 6.92 Å². The number of anilines is 2. The number of nitrogens with one attached hydrogen (secondary N) is 2. The second kappa shape index (κ2) is 11.0. The molecule has 8 nitrogen and oxygen atoms in total. The summed E-state index contributed by atoms with van der Waals surface area (Å²) < 4.78 is 0. The fourth-order valence-corrected chi connectivity index (χ4v) is 4.09. The van der Waals surface area contributed by atoms with Crippen LogP contribution < -0.4 is 16.8 Å². The predicted molar refractivity (Wildman–Crippen MR) is 137 cm³/mol. The SMILES string of the molecule is Cc1cc(NC(=O)N2CCC[C@@H]2C(=O)Nc2ccc(-c3ccc(C(=O)O)cc3)cc2)ccc1Cl.N. The number of benzene rings is 3. The molecule has 0 bridgehead atoms. The van der Waals surface area contributed by atoms with Crippen LogP contribution in [0.3, 0.4) is 0 Å². The van der Waals surface area contributed by atoms with Gasteiger partial charge in [-0.1, -0.05) is 35.9 Å². The number of carbonyl (C=O) groups is 3. The molecule has 3 aromatic carbocycles. The standard InChI is InChI=1S/C26H24ClN3O4.H3N/c1-16-15-21(12-13-22(16)27)29-26(34)30-14-2-3-23(30)24(31)28-20-10-8-18(9-11-20)17-4-6-19(7-5-17)25(32)33;/h4-13,15,23H,2-3,14H2,1H3,(H,28,31)(H,29,34)(H,32,33);1H3/t23-;/m1./s1. The van der Waals surface area contributed by atoms with Gasteiger partial charge in [-0.15, -0.1) is 0 Å². The first-order chi connectivity index (χ1) is 16.3. The van der Waals surface area contributed by atoms with Crippen LogP contribution in [0.1, 0.15) is 28.8 Å². The molecule has 1 atom stereocenters. The molecule has 1 fully saturated rings. The quantitative estimate of drug-likeness (QED) is 0.355. The Bertz CT molecular complexity index is 1230. The molecule has 1 aliphatic heterocycles. The Morgan fingerprint density at radius 1 is 0.914 bits per heavy atom. The van der Waals surface area contributed by atoms with Crippen LogP contribution in [-0.2, 0) is 4.79 Å². The third kappa shape index (κ3) is 5.98. The summed E-state index contributed by atoms with van der Waals surface area (Å²) >= 11 is 6.05. The minimum Gasteiger partial charge on any atom is -0.478 e. The van der Waals surface area contributed by atoms with E-state index in [-0.39, 0.29) is 23.7 Å². The number of rotatable bonds is 5. The fourth-order valence-electron chi connectivity index (χ4n) is 3.98. The van der Waals surface area contributed by atoms with E-state index in [0.717, 1.165) is 23.1 Å². The van der Waals surface area contributed by atoms with Crippen LogP contribution in [-0.4, -0.2) is 40.5 Å². The van der Waals surface area contributed by atoms with Gasteiger partial charge in [-0.2, -0.15) is 0 Å². The topological polar surface area (TPSA) is 134 Å². The predicted octanol–water partition coefficient (Wildman–Crippen LogP) is 5.81. The summed E-state index contributed by atoms with van der Waals surface area (Å²) in [6.07, 6.45) is 1.34. The van der Waals surface area contributed by atoms with Gasteiger partial charge in [0, 0.05) is 22.9 Å². The molecule has 0 unspecified atom stereocenters. The number of urea groups is 1. The van der Waals surface area contributed by atoms with Crippen molar-refractivity contribution in [2.45, 2.75) is 25.8 Å². The summed E-state index contributed by atoms with van der Waals surface area (Å²) in [6.45, 7) is 2.36. The smallest absolute Gasteiger partial charge is 0.335 e. The van der Waals surface area contributed by atoms with E-state index < -0.39 is 12.0 Å². The lowest BCUT2D eigenvalue weighted by atomic mass is 10.0. The Morgan fingerprint density at radius 3 is 2.11 bits per heavy atom. The molecule has 9 heteroatoms. The molecule has 4 rings (SSSR count). The van der Waals surface area contributed by atoms with Crippen molar-refractivity contribution < 1.29 is 19.5 Å². The Kier molecular flexibility index (Phi) is 8.11. The zero-order valence-corrected chi connectivity index (χ0v) is 20.0. The van der Waals surface area contributed by atoms with E-state index in [4.69, 9.17) is 16.7 Å². The van der Waals surface area contributed by atoms with Crippen molar-refractivity contribution in [3.8, 4) is 11.1 Å². The number of nitrogens with zero attached hydrogens (tertiary/aromatic N) is 1. The Labute approximate surface area is 208 Å². The maximum Gasteiger partial charge on any atom is 0.335 e. The van der Waals surface area contributed by atoms with E-state index in [0.29, 0.717) is 29.4 Å². The summed E-state index contributed by atoms with van der Waals surface area (Å²) in [7, 11) is 0. The van der Waals surface area contributed by atoms with Crippen LogP contribution in [0.25, 0.3) is 11.1 Å². The molecule has 0 aliphatic carbocycles. The first-order valence-electron chi connectivity index (χ1n) is 10.9. The van der Waals surface area contributed by atoms with Crippen LogP contribution in [0.2, 0.25) is 5.02 Å². The number of hydrogen-bond acceptors (Lipinski definition) is 4. The lowest BCUT2D eigenvalue weighted by molar-refractivity contribution is -0.119. The highest BCUT2D eigenvalue weighted by molar-refractivity contribution is 6.31. The first-order valence-corrected chi connectivity index (χ1v) is 11.3. The third-order valence-corrected chi connectivity index (χ3v) is 6.27. The van der Waals surface area contributed by atoms with E-state index in [9.17, 15) is 14.4 Å². The molecular weight excluding hydrogens is 468 g/mol. The monoisotopic (exact) mass is 494 g/mol. The van der Waals surface area contributed by atoms with Gasteiger partial charge in [0.25, 0.3) is 0 Å².